The zero-order valence-corrected chi connectivity index (χ0v) is 13.6. The van der Waals surface area contributed by atoms with Gasteiger partial charge in [-0.2, -0.15) is 4.31 Å². The van der Waals surface area contributed by atoms with Gasteiger partial charge in [0.15, 0.2) is 0 Å². The van der Waals surface area contributed by atoms with Gasteiger partial charge >= 0.3 is 0 Å². The molecule has 3 heterocycles. The van der Waals surface area contributed by atoms with Crippen molar-refractivity contribution in [1.29, 1.82) is 0 Å². The van der Waals surface area contributed by atoms with Crippen LogP contribution in [0, 0.1) is 0 Å². The van der Waals surface area contributed by atoms with Crippen LogP contribution in [0.5, 0.6) is 0 Å². The Morgan fingerprint density at radius 3 is 2.62 bits per heavy atom. The highest BCUT2D eigenvalue weighted by Gasteiger charge is 2.29. The van der Waals surface area contributed by atoms with E-state index in [1.54, 1.807) is 30.5 Å². The molecule has 0 spiro atoms. The third-order valence-corrected chi connectivity index (χ3v) is 6.46. The van der Waals surface area contributed by atoms with Crippen LogP contribution < -0.4 is 5.56 Å². The van der Waals surface area contributed by atoms with Gasteiger partial charge in [0.05, 0.1) is 11.0 Å². The van der Waals surface area contributed by atoms with Crippen molar-refractivity contribution in [3.8, 4) is 0 Å². The number of aromatic amines is 2. The second-order valence-corrected chi connectivity index (χ2v) is 8.00. The fourth-order valence-electron chi connectivity index (χ4n) is 3.21. The van der Waals surface area contributed by atoms with Crippen molar-refractivity contribution in [2.45, 2.75) is 23.8 Å². The fraction of sp³-hybridized carbons (Fsp3) is 0.312. The van der Waals surface area contributed by atoms with Gasteiger partial charge in [0.2, 0.25) is 10.0 Å². The van der Waals surface area contributed by atoms with E-state index in [2.05, 4.69) is 9.97 Å². The van der Waals surface area contributed by atoms with E-state index in [0.717, 1.165) is 5.52 Å². The molecule has 0 amide bonds. The van der Waals surface area contributed by atoms with E-state index in [9.17, 15) is 18.3 Å². The summed E-state index contributed by atoms with van der Waals surface area (Å²) in [5.74, 6) is 0. The lowest BCUT2D eigenvalue weighted by atomic mass is 10.1. The highest BCUT2D eigenvalue weighted by Crippen LogP contribution is 2.28. The minimum Gasteiger partial charge on any atom is -0.393 e. The van der Waals surface area contributed by atoms with Gasteiger partial charge < -0.3 is 15.1 Å². The minimum atomic E-state index is -3.61. The van der Waals surface area contributed by atoms with Crippen LogP contribution in [0.15, 0.2) is 40.2 Å². The first-order chi connectivity index (χ1) is 11.5. The van der Waals surface area contributed by atoms with E-state index in [-0.39, 0.29) is 10.5 Å². The number of hydrogen-bond acceptors (Lipinski definition) is 4. The van der Waals surface area contributed by atoms with Gasteiger partial charge in [-0.05, 0) is 37.1 Å². The predicted molar refractivity (Wildman–Crippen MR) is 90.4 cm³/mol. The van der Waals surface area contributed by atoms with E-state index >= 15 is 0 Å². The molecule has 0 radical (unpaired) electrons. The Hall–Kier alpha value is -2.16. The van der Waals surface area contributed by atoms with Crippen molar-refractivity contribution in [3.05, 3.63) is 40.8 Å². The minimum absolute atomic E-state index is 0.201. The van der Waals surface area contributed by atoms with Gasteiger partial charge in [-0.1, -0.05) is 0 Å². The normalized spacial score (nSPS) is 17.7. The molecule has 1 aliphatic rings. The summed E-state index contributed by atoms with van der Waals surface area (Å²) in [6, 6.07) is 6.59. The average molecular weight is 347 g/mol. The number of hydrogen-bond donors (Lipinski definition) is 3. The summed E-state index contributed by atoms with van der Waals surface area (Å²) in [5, 5.41) is 11.0. The van der Waals surface area contributed by atoms with Crippen LogP contribution in [-0.2, 0) is 10.0 Å². The van der Waals surface area contributed by atoms with Crippen LogP contribution in [-0.4, -0.2) is 47.0 Å². The maximum atomic E-state index is 12.8. The van der Waals surface area contributed by atoms with Gasteiger partial charge in [0.25, 0.3) is 5.56 Å². The first kappa shape index (κ1) is 15.4. The number of sulfonamides is 1. The molecule has 126 valence electrons. The Morgan fingerprint density at radius 2 is 1.88 bits per heavy atom. The van der Waals surface area contributed by atoms with Crippen LogP contribution >= 0.6 is 0 Å². The summed E-state index contributed by atoms with van der Waals surface area (Å²) in [4.78, 5) is 17.7. The number of aliphatic hydroxyl groups excluding tert-OH is 1. The van der Waals surface area contributed by atoms with Gasteiger partial charge in [-0.15, -0.1) is 0 Å². The van der Waals surface area contributed by atoms with E-state index in [0.29, 0.717) is 42.2 Å². The molecule has 8 heteroatoms. The molecule has 0 saturated carbocycles. The standard InChI is InChI=1S/C16H17N3O4S/c20-10-4-7-19(8-5-10)24(22,23)11-1-2-14-13(9-11)12-3-6-17-16(21)15(12)18-14/h1-3,6,9-10,18,20H,4-5,7-8H2,(H,17,21). The number of benzene rings is 1. The lowest BCUT2D eigenvalue weighted by Gasteiger charge is -2.28. The zero-order chi connectivity index (χ0) is 16.9. The molecule has 0 aliphatic carbocycles. The lowest BCUT2D eigenvalue weighted by Crippen LogP contribution is -2.39. The van der Waals surface area contributed by atoms with Gasteiger partial charge in [-0.3, -0.25) is 4.79 Å². The van der Waals surface area contributed by atoms with Crippen molar-refractivity contribution >= 4 is 31.8 Å². The molecule has 7 nitrogen and oxygen atoms in total. The molecule has 4 rings (SSSR count). The Balaban J connectivity index is 1.84. The largest absolute Gasteiger partial charge is 0.393 e. The van der Waals surface area contributed by atoms with E-state index < -0.39 is 16.1 Å². The van der Waals surface area contributed by atoms with Crippen LogP contribution in [0.2, 0.25) is 0 Å². The molecule has 2 aromatic heterocycles. The van der Waals surface area contributed by atoms with Crippen LogP contribution in [0.25, 0.3) is 21.8 Å². The molecule has 1 saturated heterocycles. The summed E-state index contributed by atoms with van der Waals surface area (Å²) >= 11 is 0. The van der Waals surface area contributed by atoms with Crippen LogP contribution in [0.4, 0.5) is 0 Å². The Labute approximate surface area is 138 Å². The molecule has 3 N–H and O–H groups in total. The number of H-pyrrole nitrogens is 2. The van der Waals surface area contributed by atoms with Crippen LogP contribution in [0.3, 0.4) is 0 Å². The van der Waals surface area contributed by atoms with Crippen molar-refractivity contribution in [3.63, 3.8) is 0 Å². The second kappa shape index (κ2) is 5.44. The quantitative estimate of drug-likeness (QED) is 0.646. The Bertz CT molecular complexity index is 1080. The van der Waals surface area contributed by atoms with E-state index in [4.69, 9.17) is 0 Å². The number of rotatable bonds is 2. The summed E-state index contributed by atoms with van der Waals surface area (Å²) in [6.07, 6.45) is 2.01. The number of nitrogens with zero attached hydrogens (tertiary/aromatic N) is 1. The van der Waals surface area contributed by atoms with E-state index in [1.807, 2.05) is 0 Å². The lowest BCUT2D eigenvalue weighted by molar-refractivity contribution is 0.113. The molecule has 0 bridgehead atoms. The number of piperidine rings is 1. The molecular formula is C16H17N3O4S. The van der Waals surface area contributed by atoms with Crippen molar-refractivity contribution < 1.29 is 13.5 Å². The first-order valence-corrected chi connectivity index (χ1v) is 9.22. The molecule has 1 fully saturated rings. The third kappa shape index (κ3) is 2.34. The molecule has 3 aromatic rings. The highest BCUT2D eigenvalue weighted by atomic mass is 32.2. The Morgan fingerprint density at radius 1 is 1.12 bits per heavy atom. The first-order valence-electron chi connectivity index (χ1n) is 7.78. The monoisotopic (exact) mass is 347 g/mol. The number of fused-ring (bicyclic) bond motifs is 3. The highest BCUT2D eigenvalue weighted by molar-refractivity contribution is 7.89. The molecule has 0 unspecified atom stereocenters. The van der Waals surface area contributed by atoms with Crippen molar-refractivity contribution in [1.82, 2.24) is 14.3 Å². The van der Waals surface area contributed by atoms with Crippen molar-refractivity contribution in [2.24, 2.45) is 0 Å². The summed E-state index contributed by atoms with van der Waals surface area (Å²) in [7, 11) is -3.61. The summed E-state index contributed by atoms with van der Waals surface area (Å²) < 4.78 is 27.1. The number of nitrogens with one attached hydrogen (secondary N) is 2. The number of aromatic nitrogens is 2. The maximum Gasteiger partial charge on any atom is 0.272 e. The SMILES string of the molecule is O=c1[nH]ccc2c1[nH]c1ccc(S(=O)(=O)N3CCC(O)CC3)cc12. The summed E-state index contributed by atoms with van der Waals surface area (Å²) in [6.45, 7) is 0.629. The third-order valence-electron chi connectivity index (χ3n) is 4.56. The van der Waals surface area contributed by atoms with Crippen molar-refractivity contribution in [2.75, 3.05) is 13.1 Å². The molecule has 1 aromatic carbocycles. The smallest absolute Gasteiger partial charge is 0.272 e. The molecule has 24 heavy (non-hydrogen) atoms. The Kier molecular flexibility index (Phi) is 3.48. The van der Waals surface area contributed by atoms with Gasteiger partial charge in [-0.25, -0.2) is 8.42 Å². The molecule has 1 aliphatic heterocycles. The zero-order valence-electron chi connectivity index (χ0n) is 12.8. The molecule has 0 atom stereocenters. The van der Waals surface area contributed by atoms with Gasteiger partial charge in [0.1, 0.15) is 5.52 Å². The summed E-state index contributed by atoms with van der Waals surface area (Å²) in [5.41, 5.74) is 0.913. The van der Waals surface area contributed by atoms with Gasteiger partial charge in [0, 0.05) is 35.6 Å². The topological polar surface area (TPSA) is 106 Å². The van der Waals surface area contributed by atoms with E-state index in [1.165, 1.54) is 4.31 Å². The predicted octanol–water partition coefficient (Wildman–Crippen LogP) is 1.15. The number of aliphatic hydroxyl groups is 1. The average Bonchev–Trinajstić information content (AvgIpc) is 2.95. The maximum absolute atomic E-state index is 12.8. The van der Waals surface area contributed by atoms with Crippen LogP contribution in [0.1, 0.15) is 12.8 Å². The number of pyridine rings is 1. The second-order valence-electron chi connectivity index (χ2n) is 6.06. The fourth-order valence-corrected chi connectivity index (χ4v) is 4.71. The molecular weight excluding hydrogens is 330 g/mol.